The van der Waals surface area contributed by atoms with Crippen molar-refractivity contribution < 1.29 is 4.79 Å². The minimum Gasteiger partial charge on any atom is -0.351 e. The number of rotatable bonds is 6. The third kappa shape index (κ3) is 5.21. The van der Waals surface area contributed by atoms with E-state index < -0.39 is 0 Å². The van der Waals surface area contributed by atoms with Crippen molar-refractivity contribution in [2.24, 2.45) is 5.41 Å². The quantitative estimate of drug-likeness (QED) is 0.751. The predicted octanol–water partition coefficient (Wildman–Crippen LogP) is 4.77. The highest BCUT2D eigenvalue weighted by Crippen LogP contribution is 2.26. The fraction of sp³-hybridized carbons (Fsp3) is 0.500. The van der Waals surface area contributed by atoms with E-state index in [1.165, 1.54) is 0 Å². The van der Waals surface area contributed by atoms with Gasteiger partial charge >= 0.3 is 0 Å². The SMILES string of the molecule is CC(C)(CCCCl)CNC(=O)c1cccc(Cl)c1Cl. The van der Waals surface area contributed by atoms with Crippen LogP contribution in [0.25, 0.3) is 0 Å². The number of halogens is 3. The molecular formula is C14H18Cl3NO. The second-order valence-electron chi connectivity index (χ2n) is 5.24. The van der Waals surface area contributed by atoms with E-state index in [1.807, 2.05) is 0 Å². The molecule has 1 aromatic carbocycles. The molecule has 1 aromatic rings. The van der Waals surface area contributed by atoms with Gasteiger partial charge in [-0.2, -0.15) is 0 Å². The predicted molar refractivity (Wildman–Crippen MR) is 82.5 cm³/mol. The Morgan fingerprint density at radius 2 is 2.00 bits per heavy atom. The van der Waals surface area contributed by atoms with Crippen LogP contribution in [0.3, 0.4) is 0 Å². The normalized spacial score (nSPS) is 11.4. The number of nitrogens with one attached hydrogen (secondary N) is 1. The van der Waals surface area contributed by atoms with Crippen LogP contribution >= 0.6 is 34.8 Å². The van der Waals surface area contributed by atoms with Crippen LogP contribution in [0.1, 0.15) is 37.0 Å². The molecule has 0 atom stereocenters. The fourth-order valence-electron chi connectivity index (χ4n) is 1.73. The van der Waals surface area contributed by atoms with Gasteiger partial charge in [0.15, 0.2) is 0 Å². The Bertz CT molecular complexity index is 446. The first-order valence-electron chi connectivity index (χ1n) is 6.15. The molecule has 1 rings (SSSR count). The van der Waals surface area contributed by atoms with E-state index in [2.05, 4.69) is 19.2 Å². The van der Waals surface area contributed by atoms with Crippen LogP contribution in [-0.4, -0.2) is 18.3 Å². The van der Waals surface area contributed by atoms with Crippen molar-refractivity contribution in [1.82, 2.24) is 5.32 Å². The van der Waals surface area contributed by atoms with E-state index in [4.69, 9.17) is 34.8 Å². The summed E-state index contributed by atoms with van der Waals surface area (Å²) in [6, 6.07) is 5.03. The number of hydrogen-bond acceptors (Lipinski definition) is 1. The molecule has 0 saturated heterocycles. The lowest BCUT2D eigenvalue weighted by Crippen LogP contribution is -2.34. The Morgan fingerprint density at radius 3 is 2.63 bits per heavy atom. The van der Waals surface area contributed by atoms with Crippen LogP contribution < -0.4 is 5.32 Å². The highest BCUT2D eigenvalue weighted by molar-refractivity contribution is 6.43. The molecule has 0 heterocycles. The number of amides is 1. The first kappa shape index (κ1) is 16.6. The first-order chi connectivity index (χ1) is 8.87. The molecule has 0 spiro atoms. The van der Waals surface area contributed by atoms with Gasteiger partial charge in [0.25, 0.3) is 5.91 Å². The summed E-state index contributed by atoms with van der Waals surface area (Å²) < 4.78 is 0. The number of carbonyl (C=O) groups excluding carboxylic acids is 1. The van der Waals surface area contributed by atoms with Crippen LogP contribution in [0.4, 0.5) is 0 Å². The van der Waals surface area contributed by atoms with E-state index in [0.29, 0.717) is 28.0 Å². The van der Waals surface area contributed by atoms with Gasteiger partial charge in [-0.25, -0.2) is 0 Å². The lowest BCUT2D eigenvalue weighted by atomic mass is 9.88. The molecule has 0 aromatic heterocycles. The number of alkyl halides is 1. The summed E-state index contributed by atoms with van der Waals surface area (Å²) in [5.74, 6) is 0.434. The molecule has 0 aliphatic heterocycles. The number of benzene rings is 1. The average molecular weight is 323 g/mol. The Morgan fingerprint density at radius 1 is 1.32 bits per heavy atom. The highest BCUT2D eigenvalue weighted by atomic mass is 35.5. The fourth-order valence-corrected chi connectivity index (χ4v) is 2.25. The van der Waals surface area contributed by atoms with E-state index >= 15 is 0 Å². The zero-order valence-electron chi connectivity index (χ0n) is 11.1. The summed E-state index contributed by atoms with van der Waals surface area (Å²) in [6.07, 6.45) is 1.89. The lowest BCUT2D eigenvalue weighted by Gasteiger charge is -2.24. The van der Waals surface area contributed by atoms with Crippen molar-refractivity contribution in [3.05, 3.63) is 33.8 Å². The monoisotopic (exact) mass is 321 g/mol. The van der Waals surface area contributed by atoms with Crippen molar-refractivity contribution in [3.8, 4) is 0 Å². The van der Waals surface area contributed by atoms with E-state index in [0.717, 1.165) is 12.8 Å². The largest absolute Gasteiger partial charge is 0.351 e. The number of hydrogen-bond donors (Lipinski definition) is 1. The van der Waals surface area contributed by atoms with E-state index in [1.54, 1.807) is 18.2 Å². The minimum absolute atomic E-state index is 0.00952. The van der Waals surface area contributed by atoms with Gasteiger partial charge in [-0.3, -0.25) is 4.79 Å². The summed E-state index contributed by atoms with van der Waals surface area (Å²) in [7, 11) is 0. The molecule has 0 unspecified atom stereocenters. The van der Waals surface area contributed by atoms with E-state index in [-0.39, 0.29) is 11.3 Å². The van der Waals surface area contributed by atoms with Crippen molar-refractivity contribution in [1.29, 1.82) is 0 Å². The van der Waals surface area contributed by atoms with Gasteiger partial charge in [0, 0.05) is 12.4 Å². The van der Waals surface area contributed by atoms with Crippen molar-refractivity contribution >= 4 is 40.7 Å². The Kier molecular flexibility index (Phi) is 6.45. The van der Waals surface area contributed by atoms with Gasteiger partial charge in [-0.1, -0.05) is 43.1 Å². The molecule has 1 amide bonds. The van der Waals surface area contributed by atoms with Crippen LogP contribution in [0, 0.1) is 5.41 Å². The molecule has 0 aliphatic rings. The zero-order chi connectivity index (χ0) is 14.5. The topological polar surface area (TPSA) is 29.1 Å². The second kappa shape index (κ2) is 7.37. The summed E-state index contributed by atoms with van der Waals surface area (Å²) >= 11 is 17.6. The van der Waals surface area contributed by atoms with Crippen LogP contribution in [0.2, 0.25) is 10.0 Å². The Balaban J connectivity index is 2.63. The molecule has 1 N–H and O–H groups in total. The van der Waals surface area contributed by atoms with Crippen LogP contribution in [0.5, 0.6) is 0 Å². The summed E-state index contributed by atoms with van der Waals surface area (Å²) in [4.78, 5) is 12.1. The summed E-state index contributed by atoms with van der Waals surface area (Å²) in [5, 5.41) is 3.57. The standard InChI is InChI=1S/C14H18Cl3NO/c1-14(2,7-4-8-15)9-18-13(19)10-5-3-6-11(16)12(10)17/h3,5-6H,4,7-9H2,1-2H3,(H,18,19). The maximum atomic E-state index is 12.1. The molecule has 0 bridgehead atoms. The molecule has 0 radical (unpaired) electrons. The molecular weight excluding hydrogens is 305 g/mol. The smallest absolute Gasteiger partial charge is 0.252 e. The van der Waals surface area contributed by atoms with Gasteiger partial charge in [-0.05, 0) is 30.4 Å². The van der Waals surface area contributed by atoms with Crippen molar-refractivity contribution in [2.75, 3.05) is 12.4 Å². The summed E-state index contributed by atoms with van der Waals surface area (Å²) in [6.45, 7) is 4.77. The second-order valence-corrected chi connectivity index (χ2v) is 6.40. The van der Waals surface area contributed by atoms with E-state index in [9.17, 15) is 4.79 Å². The molecule has 5 heteroatoms. The molecule has 2 nitrogen and oxygen atoms in total. The lowest BCUT2D eigenvalue weighted by molar-refractivity contribution is 0.0934. The van der Waals surface area contributed by atoms with Gasteiger partial charge in [0.1, 0.15) is 0 Å². The van der Waals surface area contributed by atoms with Gasteiger partial charge < -0.3 is 5.32 Å². The van der Waals surface area contributed by atoms with Gasteiger partial charge in [-0.15, -0.1) is 11.6 Å². The van der Waals surface area contributed by atoms with Crippen LogP contribution in [-0.2, 0) is 0 Å². The third-order valence-corrected chi connectivity index (χ3v) is 4.00. The van der Waals surface area contributed by atoms with Crippen LogP contribution in [0.15, 0.2) is 18.2 Å². The van der Waals surface area contributed by atoms with Crippen molar-refractivity contribution in [3.63, 3.8) is 0 Å². The first-order valence-corrected chi connectivity index (χ1v) is 7.44. The zero-order valence-corrected chi connectivity index (χ0v) is 13.4. The molecule has 106 valence electrons. The maximum Gasteiger partial charge on any atom is 0.252 e. The molecule has 0 aliphatic carbocycles. The summed E-state index contributed by atoms with van der Waals surface area (Å²) in [5.41, 5.74) is 0.414. The Hall–Kier alpha value is -0.440. The third-order valence-electron chi connectivity index (χ3n) is 2.91. The average Bonchev–Trinajstić information content (AvgIpc) is 2.37. The van der Waals surface area contributed by atoms with Gasteiger partial charge in [0.05, 0.1) is 15.6 Å². The minimum atomic E-state index is -0.202. The van der Waals surface area contributed by atoms with Crippen molar-refractivity contribution in [2.45, 2.75) is 26.7 Å². The Labute approximate surface area is 129 Å². The maximum absolute atomic E-state index is 12.1. The molecule has 0 saturated carbocycles. The number of carbonyl (C=O) groups is 1. The molecule has 0 fully saturated rings. The van der Waals surface area contributed by atoms with Gasteiger partial charge in [0.2, 0.25) is 0 Å². The molecule has 19 heavy (non-hydrogen) atoms. The highest BCUT2D eigenvalue weighted by Gasteiger charge is 2.20.